The molecule has 2 unspecified atom stereocenters. The van der Waals surface area contributed by atoms with E-state index >= 15 is 0 Å². The minimum absolute atomic E-state index is 0.489. The maximum absolute atomic E-state index is 2.48. The van der Waals surface area contributed by atoms with Gasteiger partial charge in [-0.1, -0.05) is 72.9 Å². The van der Waals surface area contributed by atoms with Gasteiger partial charge in [0.1, 0.15) is 0 Å². The van der Waals surface area contributed by atoms with Crippen molar-refractivity contribution < 1.29 is 0 Å². The number of benzene rings is 1. The van der Waals surface area contributed by atoms with Crippen molar-refractivity contribution in [2.75, 3.05) is 0 Å². The first-order valence-corrected chi connectivity index (χ1v) is 9.17. The van der Waals surface area contributed by atoms with Crippen LogP contribution in [0.4, 0.5) is 0 Å². The number of fused-ring (bicyclic) bond motifs is 3. The third-order valence-electron chi connectivity index (χ3n) is 5.78. The molecular formula is C24H22. The van der Waals surface area contributed by atoms with Crippen LogP contribution in [0.5, 0.6) is 0 Å². The van der Waals surface area contributed by atoms with Crippen molar-refractivity contribution >= 4 is 11.6 Å². The van der Waals surface area contributed by atoms with E-state index in [-0.39, 0.29) is 0 Å². The summed E-state index contributed by atoms with van der Waals surface area (Å²) in [5, 5.41) is 2.85. The second kappa shape index (κ2) is 5.63. The standard InChI is InChI=1S/C24H22/c1-2-9-18(10-3-1)23-22-13-7-5-11-19(22)16-20-15-14-17-8-4-6-12-21(17)24(20)23/h1-2,5-7,9,11-16,20,24H,3-4,8,10H2. The van der Waals surface area contributed by atoms with Gasteiger partial charge in [-0.2, -0.15) is 0 Å². The van der Waals surface area contributed by atoms with Crippen LogP contribution in [-0.2, 0) is 0 Å². The van der Waals surface area contributed by atoms with Crippen LogP contribution in [0, 0.1) is 11.8 Å². The van der Waals surface area contributed by atoms with Gasteiger partial charge < -0.3 is 0 Å². The van der Waals surface area contributed by atoms with Crippen LogP contribution in [0.15, 0.2) is 83.5 Å². The van der Waals surface area contributed by atoms with E-state index in [1.807, 2.05) is 0 Å². The Balaban J connectivity index is 1.81. The molecule has 118 valence electrons. The van der Waals surface area contributed by atoms with Gasteiger partial charge in [0.2, 0.25) is 0 Å². The molecule has 2 atom stereocenters. The van der Waals surface area contributed by atoms with Crippen molar-refractivity contribution in [1.29, 1.82) is 0 Å². The van der Waals surface area contributed by atoms with Gasteiger partial charge in [-0.05, 0) is 58.4 Å². The van der Waals surface area contributed by atoms with E-state index < -0.39 is 0 Å². The average Bonchev–Trinajstić information content (AvgIpc) is 2.66. The molecule has 0 amide bonds. The van der Waals surface area contributed by atoms with Gasteiger partial charge in [-0.25, -0.2) is 0 Å². The highest BCUT2D eigenvalue weighted by atomic mass is 14.4. The summed E-state index contributed by atoms with van der Waals surface area (Å²) in [6, 6.07) is 8.96. The van der Waals surface area contributed by atoms with Gasteiger partial charge in [0.05, 0.1) is 0 Å². The molecule has 0 aromatic heterocycles. The molecule has 24 heavy (non-hydrogen) atoms. The summed E-state index contributed by atoms with van der Waals surface area (Å²) >= 11 is 0. The van der Waals surface area contributed by atoms with E-state index in [1.165, 1.54) is 35.3 Å². The molecule has 0 radical (unpaired) electrons. The fourth-order valence-electron chi connectivity index (χ4n) is 4.69. The van der Waals surface area contributed by atoms with Crippen LogP contribution < -0.4 is 10.4 Å². The molecule has 0 fully saturated rings. The van der Waals surface area contributed by atoms with Gasteiger partial charge >= 0.3 is 0 Å². The SMILES string of the molecule is C1=CCCC(C2=c3ccccc3=CC3C=CC4=C(C=CCC4)C23)=C1. The summed E-state index contributed by atoms with van der Waals surface area (Å²) in [4.78, 5) is 0. The zero-order valence-electron chi connectivity index (χ0n) is 13.9. The molecule has 0 saturated heterocycles. The Morgan fingerprint density at radius 1 is 0.917 bits per heavy atom. The molecule has 1 aromatic rings. The fourth-order valence-corrected chi connectivity index (χ4v) is 4.69. The highest BCUT2D eigenvalue weighted by molar-refractivity contribution is 5.76. The molecule has 0 N–H and O–H groups in total. The highest BCUT2D eigenvalue weighted by Crippen LogP contribution is 2.44. The van der Waals surface area contributed by atoms with Crippen molar-refractivity contribution in [3.63, 3.8) is 0 Å². The minimum Gasteiger partial charge on any atom is -0.0842 e. The zero-order chi connectivity index (χ0) is 15.9. The van der Waals surface area contributed by atoms with E-state index in [0.717, 1.165) is 6.42 Å². The molecule has 0 heteroatoms. The van der Waals surface area contributed by atoms with E-state index in [2.05, 4.69) is 72.9 Å². The van der Waals surface area contributed by atoms with Crippen molar-refractivity contribution in [2.45, 2.75) is 25.7 Å². The molecule has 4 aliphatic rings. The van der Waals surface area contributed by atoms with Crippen LogP contribution in [0.3, 0.4) is 0 Å². The first-order chi connectivity index (χ1) is 11.9. The van der Waals surface area contributed by atoms with Gasteiger partial charge in [-0.15, -0.1) is 0 Å². The summed E-state index contributed by atoms with van der Waals surface area (Å²) < 4.78 is 0. The Hall–Kier alpha value is -2.34. The van der Waals surface area contributed by atoms with E-state index in [1.54, 1.807) is 16.7 Å². The molecule has 0 spiro atoms. The first-order valence-electron chi connectivity index (χ1n) is 9.17. The molecule has 0 aliphatic heterocycles. The maximum atomic E-state index is 2.48. The largest absolute Gasteiger partial charge is 0.0842 e. The minimum atomic E-state index is 0.489. The van der Waals surface area contributed by atoms with E-state index in [0.29, 0.717) is 11.8 Å². The van der Waals surface area contributed by atoms with Crippen LogP contribution >= 0.6 is 0 Å². The molecule has 4 aliphatic carbocycles. The van der Waals surface area contributed by atoms with Crippen molar-refractivity contribution in [3.8, 4) is 0 Å². The van der Waals surface area contributed by atoms with Gasteiger partial charge in [0, 0.05) is 11.8 Å². The highest BCUT2D eigenvalue weighted by Gasteiger charge is 2.33. The number of allylic oxidation sites excluding steroid dienone is 10. The monoisotopic (exact) mass is 310 g/mol. The molecule has 0 nitrogen and oxygen atoms in total. The Bertz CT molecular complexity index is 960. The average molecular weight is 310 g/mol. The number of hydrogen-bond acceptors (Lipinski definition) is 0. The van der Waals surface area contributed by atoms with Crippen LogP contribution in [0.1, 0.15) is 25.7 Å². The topological polar surface area (TPSA) is 0 Å². The summed E-state index contributed by atoms with van der Waals surface area (Å²) in [7, 11) is 0. The lowest BCUT2D eigenvalue weighted by atomic mass is 9.67. The number of hydrogen-bond donors (Lipinski definition) is 0. The predicted molar refractivity (Wildman–Crippen MR) is 102 cm³/mol. The smallest absolute Gasteiger partial charge is 0.0199 e. The third kappa shape index (κ3) is 2.13. The molecule has 0 heterocycles. The van der Waals surface area contributed by atoms with Crippen molar-refractivity contribution in [2.24, 2.45) is 11.8 Å². The predicted octanol–water partition coefficient (Wildman–Crippen LogP) is 4.36. The normalized spacial score (nSPS) is 27.2. The Labute approximate surface area is 143 Å². The molecule has 1 aromatic carbocycles. The summed E-state index contributed by atoms with van der Waals surface area (Å²) in [6.07, 6.45) is 23.7. The first kappa shape index (κ1) is 14.0. The second-order valence-corrected chi connectivity index (χ2v) is 7.16. The lowest BCUT2D eigenvalue weighted by molar-refractivity contribution is 0.653. The lowest BCUT2D eigenvalue weighted by Gasteiger charge is -2.36. The zero-order valence-corrected chi connectivity index (χ0v) is 13.9. The van der Waals surface area contributed by atoms with Crippen molar-refractivity contribution in [3.05, 3.63) is 94.0 Å². The molecule has 0 saturated carbocycles. The fraction of sp³-hybridized carbons (Fsp3) is 0.250. The molecule has 5 rings (SSSR count). The Morgan fingerprint density at radius 2 is 1.83 bits per heavy atom. The quantitative estimate of drug-likeness (QED) is 0.723. The molecule has 0 bridgehead atoms. The Morgan fingerprint density at radius 3 is 2.75 bits per heavy atom. The van der Waals surface area contributed by atoms with Crippen LogP contribution in [-0.4, -0.2) is 0 Å². The summed E-state index contributed by atoms with van der Waals surface area (Å²) in [5.74, 6) is 0.984. The lowest BCUT2D eigenvalue weighted by Crippen LogP contribution is -2.38. The Kier molecular flexibility index (Phi) is 3.29. The van der Waals surface area contributed by atoms with E-state index in [9.17, 15) is 0 Å². The van der Waals surface area contributed by atoms with E-state index in [4.69, 9.17) is 0 Å². The van der Waals surface area contributed by atoms with Crippen LogP contribution in [0.2, 0.25) is 0 Å². The van der Waals surface area contributed by atoms with Crippen molar-refractivity contribution in [1.82, 2.24) is 0 Å². The van der Waals surface area contributed by atoms with Gasteiger partial charge in [0.25, 0.3) is 0 Å². The van der Waals surface area contributed by atoms with Crippen LogP contribution in [0.25, 0.3) is 11.6 Å². The third-order valence-corrected chi connectivity index (χ3v) is 5.78. The maximum Gasteiger partial charge on any atom is 0.0199 e. The second-order valence-electron chi connectivity index (χ2n) is 7.16. The van der Waals surface area contributed by atoms with Gasteiger partial charge in [0.15, 0.2) is 0 Å². The molecular weight excluding hydrogens is 288 g/mol. The summed E-state index contributed by atoms with van der Waals surface area (Å²) in [5.41, 5.74) is 6.22. The van der Waals surface area contributed by atoms with Gasteiger partial charge in [-0.3, -0.25) is 0 Å². The number of rotatable bonds is 1. The summed E-state index contributed by atoms with van der Waals surface area (Å²) in [6.45, 7) is 0.